The Morgan fingerprint density at radius 1 is 1.14 bits per heavy atom. The Morgan fingerprint density at radius 3 is 2.41 bits per heavy atom. The van der Waals surface area contributed by atoms with E-state index in [0.717, 1.165) is 29.2 Å². The molecule has 1 fully saturated rings. The molecule has 2 aliphatic rings. The van der Waals surface area contributed by atoms with Crippen LogP contribution >= 0.6 is 23.5 Å². The van der Waals surface area contributed by atoms with E-state index >= 15 is 0 Å². The van der Waals surface area contributed by atoms with Gasteiger partial charge in [0.05, 0.1) is 0 Å². The van der Waals surface area contributed by atoms with Gasteiger partial charge in [0.1, 0.15) is 16.2 Å². The van der Waals surface area contributed by atoms with Crippen molar-refractivity contribution in [2.45, 2.75) is 10.5 Å². The van der Waals surface area contributed by atoms with Crippen LogP contribution in [0.3, 0.4) is 0 Å². The van der Waals surface area contributed by atoms with Gasteiger partial charge < -0.3 is 10.0 Å². The molecule has 3 amide bonds. The predicted molar refractivity (Wildman–Crippen MR) is 85.2 cm³/mol. The number of anilines is 1. The van der Waals surface area contributed by atoms with Gasteiger partial charge in [0.25, 0.3) is 11.1 Å². The molecule has 2 heterocycles. The van der Waals surface area contributed by atoms with Gasteiger partial charge in [-0.05, 0) is 36.0 Å². The summed E-state index contributed by atoms with van der Waals surface area (Å²) in [6.07, 6.45) is 0. The minimum atomic E-state index is -0.750. The minimum Gasteiger partial charge on any atom is -0.508 e. The normalized spacial score (nSPS) is 24.4. The number of amides is 3. The lowest BCUT2D eigenvalue weighted by Gasteiger charge is -2.19. The molecule has 114 valence electrons. The molecule has 1 aromatic rings. The number of thioether (sulfide) groups is 2. The number of rotatable bonds is 2. The fraction of sp³-hybridized carbons (Fsp3) is 0.231. The van der Waals surface area contributed by atoms with Crippen LogP contribution in [0.1, 0.15) is 0 Å². The Morgan fingerprint density at radius 2 is 1.82 bits per heavy atom. The highest BCUT2D eigenvalue weighted by atomic mass is 32.2. The number of carbonyl (C=O) groups is 3. The van der Waals surface area contributed by atoms with Crippen LogP contribution in [0.2, 0.25) is 0 Å². The van der Waals surface area contributed by atoms with Crippen LogP contribution in [0.5, 0.6) is 5.75 Å². The number of carbonyl (C=O) groups excluding carboxylic acids is 3. The summed E-state index contributed by atoms with van der Waals surface area (Å²) in [6.45, 7) is 0. The Hall–Kier alpha value is -2.00. The summed E-state index contributed by atoms with van der Waals surface area (Å²) in [6, 6.07) is 6.45. The summed E-state index contributed by atoms with van der Waals surface area (Å²) in [4.78, 5) is 40.6. The third-order valence-corrected chi connectivity index (χ3v) is 5.73. The maximum atomic E-state index is 12.0. The van der Waals surface area contributed by atoms with Gasteiger partial charge >= 0.3 is 0 Å². The van der Waals surface area contributed by atoms with E-state index in [1.54, 1.807) is 24.1 Å². The number of hydrogen-bond acceptors (Lipinski definition) is 7. The SMILES string of the molecule is CN(C1=NC(=O)[C@H]([C@H]2SC(=O)NC2=O)S1)c1ccc(O)cc1. The van der Waals surface area contributed by atoms with E-state index in [-0.39, 0.29) is 5.75 Å². The number of nitrogens with one attached hydrogen (secondary N) is 1. The zero-order valence-corrected chi connectivity index (χ0v) is 13.0. The lowest BCUT2D eigenvalue weighted by atomic mass is 10.2. The van der Waals surface area contributed by atoms with Crippen molar-refractivity contribution in [1.82, 2.24) is 5.32 Å². The van der Waals surface area contributed by atoms with Gasteiger partial charge in [-0.3, -0.25) is 19.7 Å². The van der Waals surface area contributed by atoms with E-state index in [4.69, 9.17) is 0 Å². The first kappa shape index (κ1) is 14.9. The highest BCUT2D eigenvalue weighted by Gasteiger charge is 2.45. The molecule has 0 aliphatic carbocycles. The van der Waals surface area contributed by atoms with Gasteiger partial charge in [-0.15, -0.1) is 0 Å². The molecule has 0 aromatic heterocycles. The van der Waals surface area contributed by atoms with E-state index < -0.39 is 27.6 Å². The number of aliphatic imine (C=N–C) groups is 1. The van der Waals surface area contributed by atoms with E-state index in [1.807, 2.05) is 0 Å². The number of hydrogen-bond donors (Lipinski definition) is 2. The van der Waals surface area contributed by atoms with Crippen molar-refractivity contribution in [1.29, 1.82) is 0 Å². The van der Waals surface area contributed by atoms with Gasteiger partial charge in [0.15, 0.2) is 5.17 Å². The fourth-order valence-electron chi connectivity index (χ4n) is 2.05. The molecule has 1 aromatic carbocycles. The molecule has 2 atom stereocenters. The summed E-state index contributed by atoms with van der Waals surface area (Å²) in [5.74, 6) is -0.734. The van der Waals surface area contributed by atoms with Gasteiger partial charge in [0.2, 0.25) is 5.91 Å². The molecule has 0 saturated carbocycles. The van der Waals surface area contributed by atoms with E-state index in [2.05, 4.69) is 10.3 Å². The van der Waals surface area contributed by atoms with Crippen LogP contribution in [0.25, 0.3) is 0 Å². The van der Waals surface area contributed by atoms with Crippen molar-refractivity contribution in [3.05, 3.63) is 24.3 Å². The van der Waals surface area contributed by atoms with Crippen LogP contribution in [-0.4, -0.2) is 44.9 Å². The summed E-state index contributed by atoms with van der Waals surface area (Å²) < 4.78 is 0. The molecular weight excluding hydrogens is 326 g/mol. The number of aromatic hydroxyl groups is 1. The lowest BCUT2D eigenvalue weighted by molar-refractivity contribution is -0.122. The quantitative estimate of drug-likeness (QED) is 0.836. The topological polar surface area (TPSA) is 99.1 Å². The standard InChI is InChI=1S/C13H11N3O4S2/c1-16(6-2-4-7(17)5-3-6)12-14-10(18)8(21-12)9-11(19)15-13(20)22-9/h2-5,8-9,17H,1H3,(H,15,19,20)/t8-,9+/m0/s1. The Bertz CT molecular complexity index is 689. The second-order valence-electron chi connectivity index (χ2n) is 4.66. The minimum absolute atomic E-state index is 0.143. The first-order valence-corrected chi connectivity index (χ1v) is 8.05. The first-order chi connectivity index (χ1) is 10.5. The average Bonchev–Trinajstić information content (AvgIpc) is 3.01. The van der Waals surface area contributed by atoms with Crippen LogP contribution in [0.15, 0.2) is 29.3 Å². The zero-order valence-electron chi connectivity index (χ0n) is 11.3. The second kappa shape index (κ2) is 5.65. The number of benzene rings is 1. The third kappa shape index (κ3) is 2.69. The second-order valence-corrected chi connectivity index (χ2v) is 6.88. The Labute approximate surface area is 134 Å². The average molecular weight is 337 g/mol. The molecule has 9 heteroatoms. The largest absolute Gasteiger partial charge is 0.508 e. The maximum Gasteiger partial charge on any atom is 0.286 e. The molecule has 0 spiro atoms. The number of imide groups is 1. The molecule has 22 heavy (non-hydrogen) atoms. The molecule has 0 bridgehead atoms. The molecule has 3 rings (SSSR count). The zero-order chi connectivity index (χ0) is 15.9. The maximum absolute atomic E-state index is 12.0. The number of phenolic OH excluding ortho intramolecular Hbond substituents is 1. The summed E-state index contributed by atoms with van der Waals surface area (Å²) in [7, 11) is 1.74. The highest BCUT2D eigenvalue weighted by molar-refractivity contribution is 8.19. The smallest absolute Gasteiger partial charge is 0.286 e. The van der Waals surface area contributed by atoms with Crippen LogP contribution in [-0.2, 0) is 9.59 Å². The summed E-state index contributed by atoms with van der Waals surface area (Å²) in [5, 5.41) is 10.0. The van der Waals surface area contributed by atoms with E-state index in [1.165, 1.54) is 12.1 Å². The molecule has 0 radical (unpaired) electrons. The Balaban J connectivity index is 1.76. The molecule has 0 unspecified atom stereocenters. The van der Waals surface area contributed by atoms with Crippen molar-refractivity contribution in [3.63, 3.8) is 0 Å². The van der Waals surface area contributed by atoms with Gasteiger partial charge in [-0.1, -0.05) is 11.8 Å². The van der Waals surface area contributed by atoms with Gasteiger partial charge in [-0.25, -0.2) is 0 Å². The number of phenols is 1. The van der Waals surface area contributed by atoms with Crippen molar-refractivity contribution < 1.29 is 19.5 Å². The summed E-state index contributed by atoms with van der Waals surface area (Å²) in [5.41, 5.74) is 0.747. The lowest BCUT2D eigenvalue weighted by Crippen LogP contribution is -2.34. The molecule has 7 nitrogen and oxygen atoms in total. The Kier molecular flexibility index (Phi) is 3.83. The van der Waals surface area contributed by atoms with Crippen LogP contribution in [0, 0.1) is 0 Å². The third-order valence-electron chi connectivity index (χ3n) is 3.20. The highest BCUT2D eigenvalue weighted by Crippen LogP contribution is 2.36. The first-order valence-electron chi connectivity index (χ1n) is 6.29. The van der Waals surface area contributed by atoms with E-state index in [0.29, 0.717) is 5.17 Å². The number of amidine groups is 1. The van der Waals surface area contributed by atoms with Crippen molar-refractivity contribution in [2.75, 3.05) is 11.9 Å². The molecule has 2 N–H and O–H groups in total. The summed E-state index contributed by atoms with van der Waals surface area (Å²) >= 11 is 1.98. The fourth-order valence-corrected chi connectivity index (χ4v) is 4.21. The molecule has 2 aliphatic heterocycles. The van der Waals surface area contributed by atoms with Crippen molar-refractivity contribution in [3.8, 4) is 5.75 Å². The van der Waals surface area contributed by atoms with Crippen molar-refractivity contribution >= 4 is 51.4 Å². The predicted octanol–water partition coefficient (Wildman–Crippen LogP) is 1.18. The van der Waals surface area contributed by atoms with Crippen LogP contribution < -0.4 is 10.2 Å². The molecular formula is C13H11N3O4S2. The molecule has 1 saturated heterocycles. The van der Waals surface area contributed by atoms with Crippen LogP contribution in [0.4, 0.5) is 10.5 Å². The van der Waals surface area contributed by atoms with E-state index in [9.17, 15) is 19.5 Å². The van der Waals surface area contributed by atoms with Gasteiger partial charge in [0, 0.05) is 12.7 Å². The monoisotopic (exact) mass is 337 g/mol. The number of nitrogens with zero attached hydrogens (tertiary/aromatic N) is 2. The van der Waals surface area contributed by atoms with Crippen molar-refractivity contribution in [2.24, 2.45) is 4.99 Å². The van der Waals surface area contributed by atoms with Gasteiger partial charge in [-0.2, -0.15) is 4.99 Å².